The molecule has 3 aromatic rings. The first kappa shape index (κ1) is 29.0. The van der Waals surface area contributed by atoms with Crippen molar-refractivity contribution in [1.29, 1.82) is 0 Å². The van der Waals surface area contributed by atoms with E-state index in [0.29, 0.717) is 36.0 Å². The molecule has 3 heterocycles. The molecular weight excluding hydrogens is 551 g/mol. The Kier molecular flexibility index (Phi) is 8.73. The highest BCUT2D eigenvalue weighted by molar-refractivity contribution is 7.92. The molecule has 0 bridgehead atoms. The fraction of sp³-hybridized carbons (Fsp3) is 0.360. The van der Waals surface area contributed by atoms with Crippen molar-refractivity contribution in [2.24, 2.45) is 0 Å². The molecule has 0 aliphatic carbocycles. The van der Waals surface area contributed by atoms with Crippen LogP contribution >= 0.6 is 0 Å². The molecule has 40 heavy (non-hydrogen) atoms. The Hall–Kier alpha value is -3.98. The molecule has 15 heteroatoms. The van der Waals surface area contributed by atoms with E-state index in [4.69, 9.17) is 0 Å². The Morgan fingerprint density at radius 3 is 2.70 bits per heavy atom. The number of likely N-dealkylation sites (tertiary alicyclic amines) is 1. The number of rotatable bonds is 10. The van der Waals surface area contributed by atoms with Crippen LogP contribution in [0, 0.1) is 0 Å². The second kappa shape index (κ2) is 12.0. The predicted octanol–water partition coefficient (Wildman–Crippen LogP) is 3.60. The average Bonchev–Trinajstić information content (AvgIpc) is 3.41. The van der Waals surface area contributed by atoms with Crippen LogP contribution in [0.15, 0.2) is 48.8 Å². The molecule has 1 fully saturated rings. The van der Waals surface area contributed by atoms with Crippen molar-refractivity contribution >= 4 is 39.2 Å². The van der Waals surface area contributed by atoms with E-state index in [1.165, 1.54) is 31.3 Å². The number of nitrogens with zero attached hydrogens (tertiary/aromatic N) is 4. The highest BCUT2D eigenvalue weighted by atomic mass is 32.2. The summed E-state index contributed by atoms with van der Waals surface area (Å²) in [4.78, 5) is 26.3. The summed E-state index contributed by atoms with van der Waals surface area (Å²) in [6, 6.07) is 9.16. The van der Waals surface area contributed by atoms with Gasteiger partial charge in [0, 0.05) is 42.3 Å². The monoisotopic (exact) mass is 579 g/mol. The van der Waals surface area contributed by atoms with Crippen molar-refractivity contribution in [3.63, 3.8) is 0 Å². The molecule has 4 rings (SSSR count). The van der Waals surface area contributed by atoms with Gasteiger partial charge in [0.1, 0.15) is 17.2 Å². The Morgan fingerprint density at radius 2 is 1.98 bits per heavy atom. The molecule has 11 nitrogen and oxygen atoms in total. The van der Waals surface area contributed by atoms with E-state index < -0.39 is 27.6 Å². The number of hydrogen-bond donors (Lipinski definition) is 4. The molecule has 1 aromatic carbocycles. The number of amides is 1. The largest absolute Gasteiger partial charge is 0.421 e. The quantitative estimate of drug-likeness (QED) is 0.283. The van der Waals surface area contributed by atoms with Gasteiger partial charge in [-0.3, -0.25) is 9.52 Å². The summed E-state index contributed by atoms with van der Waals surface area (Å²) in [6.07, 6.45) is -1.28. The van der Waals surface area contributed by atoms with Gasteiger partial charge < -0.3 is 20.6 Å². The number of aliphatic hydroxyl groups is 1. The normalized spacial score (nSPS) is 15.6. The SMILES string of the molecule is CCS(=O)(=O)Nc1ncccc1CNc1nc(Nc2cccc(C(=O)N3CCCC3CO)c2)ncc1C(F)(F)F. The highest BCUT2D eigenvalue weighted by Gasteiger charge is 2.35. The lowest BCUT2D eigenvalue weighted by Crippen LogP contribution is -2.37. The molecule has 2 aromatic heterocycles. The van der Waals surface area contributed by atoms with Crippen molar-refractivity contribution in [3.05, 3.63) is 65.5 Å². The van der Waals surface area contributed by atoms with Crippen LogP contribution in [0.2, 0.25) is 0 Å². The first-order chi connectivity index (χ1) is 19.0. The van der Waals surface area contributed by atoms with Gasteiger partial charge in [-0.1, -0.05) is 12.1 Å². The maximum atomic E-state index is 13.7. The second-order valence-electron chi connectivity index (χ2n) is 9.01. The van der Waals surface area contributed by atoms with Gasteiger partial charge in [-0.2, -0.15) is 18.2 Å². The summed E-state index contributed by atoms with van der Waals surface area (Å²) in [5.74, 6) is -1.17. The van der Waals surface area contributed by atoms with E-state index in [1.807, 2.05) is 0 Å². The minimum Gasteiger partial charge on any atom is -0.394 e. The van der Waals surface area contributed by atoms with Gasteiger partial charge in [-0.15, -0.1) is 0 Å². The lowest BCUT2D eigenvalue weighted by atomic mass is 10.1. The minimum absolute atomic E-state index is 0.0132. The average molecular weight is 580 g/mol. The first-order valence-electron chi connectivity index (χ1n) is 12.4. The Bertz CT molecular complexity index is 1470. The number of pyridine rings is 1. The number of sulfonamides is 1. The third kappa shape index (κ3) is 6.96. The minimum atomic E-state index is -4.77. The van der Waals surface area contributed by atoms with Gasteiger partial charge in [0.2, 0.25) is 16.0 Å². The van der Waals surface area contributed by atoms with Gasteiger partial charge in [0.05, 0.1) is 18.4 Å². The molecule has 1 aliphatic heterocycles. The molecule has 1 amide bonds. The number of hydrogen-bond acceptors (Lipinski definition) is 9. The predicted molar refractivity (Wildman–Crippen MR) is 143 cm³/mol. The van der Waals surface area contributed by atoms with Crippen LogP contribution in [0.1, 0.15) is 41.3 Å². The summed E-state index contributed by atoms with van der Waals surface area (Å²) < 4.78 is 67.5. The van der Waals surface area contributed by atoms with Crippen LogP contribution < -0.4 is 15.4 Å². The number of carbonyl (C=O) groups is 1. The standard InChI is InChI=1S/C25H28F3N7O4S/c1-2-40(38,39)34-21-17(7-4-10-29-21)13-30-22-20(25(26,27)28)14-31-24(33-22)32-18-8-3-6-16(12-18)23(37)35-11-5-9-19(35)15-36/h3-4,6-8,10,12,14,19,36H,2,5,9,11,13,15H2,1H3,(H,29,34)(H2,30,31,32,33). The molecule has 4 N–H and O–H groups in total. The molecule has 1 aliphatic rings. The molecule has 0 radical (unpaired) electrons. The smallest absolute Gasteiger partial charge is 0.394 e. The van der Waals surface area contributed by atoms with Crippen molar-refractivity contribution in [2.45, 2.75) is 38.5 Å². The number of aromatic nitrogens is 3. The highest BCUT2D eigenvalue weighted by Crippen LogP contribution is 2.34. The van der Waals surface area contributed by atoms with Crippen molar-refractivity contribution in [2.75, 3.05) is 34.3 Å². The zero-order valence-electron chi connectivity index (χ0n) is 21.4. The number of halogens is 3. The summed E-state index contributed by atoms with van der Waals surface area (Å²) in [7, 11) is -3.67. The Morgan fingerprint density at radius 1 is 1.18 bits per heavy atom. The number of aliphatic hydroxyl groups excluding tert-OH is 1. The molecule has 1 atom stereocenters. The summed E-state index contributed by atoms with van der Waals surface area (Å²) in [5, 5.41) is 15.0. The zero-order valence-corrected chi connectivity index (χ0v) is 22.3. The van der Waals surface area contributed by atoms with Gasteiger partial charge in [0.15, 0.2) is 0 Å². The number of carbonyl (C=O) groups excluding carboxylic acids is 1. The van der Waals surface area contributed by atoms with Gasteiger partial charge >= 0.3 is 6.18 Å². The number of benzene rings is 1. The van der Waals surface area contributed by atoms with Crippen molar-refractivity contribution in [1.82, 2.24) is 19.9 Å². The molecule has 214 valence electrons. The zero-order chi connectivity index (χ0) is 28.9. The van der Waals surface area contributed by atoms with E-state index in [9.17, 15) is 31.5 Å². The number of alkyl halides is 3. The van der Waals surface area contributed by atoms with Crippen LogP contribution in [0.3, 0.4) is 0 Å². The summed E-state index contributed by atoms with van der Waals surface area (Å²) >= 11 is 0. The van der Waals surface area contributed by atoms with Crippen LogP contribution in [0.5, 0.6) is 0 Å². The summed E-state index contributed by atoms with van der Waals surface area (Å²) in [6.45, 7) is 1.61. The van der Waals surface area contributed by atoms with Gasteiger partial charge in [-0.25, -0.2) is 18.4 Å². The van der Waals surface area contributed by atoms with Crippen LogP contribution in [-0.4, -0.2) is 64.2 Å². The van der Waals surface area contributed by atoms with Crippen LogP contribution in [0.4, 0.5) is 36.4 Å². The van der Waals surface area contributed by atoms with E-state index in [-0.39, 0.29) is 42.6 Å². The third-order valence-electron chi connectivity index (χ3n) is 6.28. The third-order valence-corrected chi connectivity index (χ3v) is 7.54. The first-order valence-corrected chi connectivity index (χ1v) is 14.1. The van der Waals surface area contributed by atoms with E-state index >= 15 is 0 Å². The van der Waals surface area contributed by atoms with E-state index in [1.54, 1.807) is 23.1 Å². The Balaban J connectivity index is 1.56. The fourth-order valence-corrected chi connectivity index (χ4v) is 4.80. The molecule has 0 spiro atoms. The van der Waals surface area contributed by atoms with E-state index in [2.05, 4.69) is 30.3 Å². The number of nitrogens with one attached hydrogen (secondary N) is 3. The lowest BCUT2D eigenvalue weighted by Gasteiger charge is -2.23. The maximum Gasteiger partial charge on any atom is 0.421 e. The van der Waals surface area contributed by atoms with Gasteiger partial charge in [-0.05, 0) is 44.0 Å². The van der Waals surface area contributed by atoms with Crippen LogP contribution in [-0.2, 0) is 22.7 Å². The van der Waals surface area contributed by atoms with Gasteiger partial charge in [0.25, 0.3) is 5.91 Å². The van der Waals surface area contributed by atoms with E-state index in [0.717, 1.165) is 6.42 Å². The summed E-state index contributed by atoms with van der Waals surface area (Å²) in [5.41, 5.74) is -0.102. The van der Waals surface area contributed by atoms with Crippen LogP contribution in [0.25, 0.3) is 0 Å². The molecule has 0 saturated carbocycles. The maximum absolute atomic E-state index is 13.7. The fourth-order valence-electron chi connectivity index (χ4n) is 4.17. The number of anilines is 4. The molecule has 1 unspecified atom stereocenters. The second-order valence-corrected chi connectivity index (χ2v) is 11.0. The van der Waals surface area contributed by atoms with Crippen molar-refractivity contribution < 1.29 is 31.5 Å². The topological polar surface area (TPSA) is 149 Å². The molecule has 1 saturated heterocycles. The lowest BCUT2D eigenvalue weighted by molar-refractivity contribution is -0.137. The van der Waals surface area contributed by atoms with Crippen molar-refractivity contribution in [3.8, 4) is 0 Å². The Labute approximate surface area is 228 Å². The molecular formula is C25H28F3N7O4S.